The molecule has 2 aliphatic carbocycles. The lowest BCUT2D eigenvalue weighted by molar-refractivity contribution is -0.127. The van der Waals surface area contributed by atoms with E-state index in [9.17, 15) is 4.79 Å². The number of halogens is 1. The van der Waals surface area contributed by atoms with Gasteiger partial charge in [-0.15, -0.1) is 0 Å². The van der Waals surface area contributed by atoms with Gasteiger partial charge in [0, 0.05) is 16.8 Å². The highest BCUT2D eigenvalue weighted by Gasteiger charge is 2.38. The van der Waals surface area contributed by atoms with Crippen molar-refractivity contribution < 1.29 is 4.79 Å². The maximum Gasteiger partial charge on any atom is 0.223 e. The Labute approximate surface area is 113 Å². The van der Waals surface area contributed by atoms with E-state index in [1.807, 2.05) is 0 Å². The van der Waals surface area contributed by atoms with Crippen LogP contribution in [-0.4, -0.2) is 16.8 Å². The SMILES string of the molecule is CC1CCC(CBr)(NC(=O)C(C)C2CC2)CC1. The van der Waals surface area contributed by atoms with Crippen molar-refractivity contribution in [1.29, 1.82) is 0 Å². The molecule has 0 aromatic rings. The van der Waals surface area contributed by atoms with Crippen molar-refractivity contribution in [1.82, 2.24) is 5.32 Å². The molecular formula is C14H24BrNO. The number of amides is 1. The highest BCUT2D eigenvalue weighted by molar-refractivity contribution is 9.09. The summed E-state index contributed by atoms with van der Waals surface area (Å²) in [6.07, 6.45) is 7.22. The highest BCUT2D eigenvalue weighted by atomic mass is 79.9. The number of alkyl halides is 1. The number of hydrogen-bond donors (Lipinski definition) is 1. The molecule has 0 radical (unpaired) electrons. The third-order valence-electron chi connectivity index (χ3n) is 4.62. The summed E-state index contributed by atoms with van der Waals surface area (Å²) < 4.78 is 0. The van der Waals surface area contributed by atoms with E-state index in [2.05, 4.69) is 35.1 Å². The van der Waals surface area contributed by atoms with Crippen LogP contribution in [0, 0.1) is 17.8 Å². The second-order valence-electron chi connectivity index (χ2n) is 6.21. The molecule has 17 heavy (non-hydrogen) atoms. The summed E-state index contributed by atoms with van der Waals surface area (Å²) in [4.78, 5) is 12.2. The monoisotopic (exact) mass is 301 g/mol. The van der Waals surface area contributed by atoms with E-state index in [0.717, 1.165) is 24.1 Å². The Morgan fingerprint density at radius 3 is 2.41 bits per heavy atom. The van der Waals surface area contributed by atoms with E-state index in [0.29, 0.717) is 5.92 Å². The van der Waals surface area contributed by atoms with Crippen molar-refractivity contribution in [2.24, 2.45) is 17.8 Å². The van der Waals surface area contributed by atoms with Crippen molar-refractivity contribution in [3.05, 3.63) is 0 Å². The highest BCUT2D eigenvalue weighted by Crippen LogP contribution is 2.38. The summed E-state index contributed by atoms with van der Waals surface area (Å²) in [6.45, 7) is 4.40. The fraction of sp³-hybridized carbons (Fsp3) is 0.929. The molecule has 0 aromatic heterocycles. The molecule has 0 bridgehead atoms. The van der Waals surface area contributed by atoms with E-state index in [4.69, 9.17) is 0 Å². The van der Waals surface area contributed by atoms with Gasteiger partial charge < -0.3 is 5.32 Å². The largest absolute Gasteiger partial charge is 0.350 e. The smallest absolute Gasteiger partial charge is 0.223 e. The summed E-state index contributed by atoms with van der Waals surface area (Å²) in [5.41, 5.74) is 0.0345. The number of carbonyl (C=O) groups excluding carboxylic acids is 1. The van der Waals surface area contributed by atoms with Crippen molar-refractivity contribution in [2.75, 3.05) is 5.33 Å². The summed E-state index contributed by atoms with van der Waals surface area (Å²) in [5.74, 6) is 1.97. The zero-order valence-corrected chi connectivity index (χ0v) is 12.6. The van der Waals surface area contributed by atoms with Gasteiger partial charge in [-0.2, -0.15) is 0 Å². The van der Waals surface area contributed by atoms with Crippen LogP contribution in [-0.2, 0) is 4.79 Å². The Morgan fingerprint density at radius 1 is 1.35 bits per heavy atom. The first-order valence-corrected chi connectivity index (χ1v) is 8.06. The van der Waals surface area contributed by atoms with Gasteiger partial charge in [-0.25, -0.2) is 0 Å². The average Bonchev–Trinajstić information content (AvgIpc) is 3.15. The number of nitrogens with one attached hydrogen (secondary N) is 1. The first kappa shape index (κ1) is 13.4. The van der Waals surface area contributed by atoms with E-state index < -0.39 is 0 Å². The number of hydrogen-bond acceptors (Lipinski definition) is 1. The molecule has 2 aliphatic rings. The molecule has 1 atom stereocenters. The second kappa shape index (κ2) is 5.29. The molecule has 0 heterocycles. The number of rotatable bonds is 4. The molecule has 98 valence electrons. The predicted molar refractivity (Wildman–Crippen MR) is 74.2 cm³/mol. The Bertz CT molecular complexity index is 280. The van der Waals surface area contributed by atoms with Crippen molar-refractivity contribution in [3.63, 3.8) is 0 Å². The summed E-state index contributed by atoms with van der Waals surface area (Å²) in [5, 5.41) is 4.24. The summed E-state index contributed by atoms with van der Waals surface area (Å²) in [6, 6.07) is 0. The minimum absolute atomic E-state index is 0.0345. The van der Waals surface area contributed by atoms with Crippen molar-refractivity contribution in [3.8, 4) is 0 Å². The molecule has 2 saturated carbocycles. The molecule has 0 saturated heterocycles. The molecule has 2 nitrogen and oxygen atoms in total. The van der Waals surface area contributed by atoms with E-state index in [-0.39, 0.29) is 17.4 Å². The van der Waals surface area contributed by atoms with Crippen LogP contribution in [0.4, 0.5) is 0 Å². The van der Waals surface area contributed by atoms with Gasteiger partial charge in [-0.3, -0.25) is 4.79 Å². The van der Waals surface area contributed by atoms with E-state index >= 15 is 0 Å². The van der Waals surface area contributed by atoms with Crippen LogP contribution in [0.25, 0.3) is 0 Å². The molecule has 3 heteroatoms. The first-order chi connectivity index (χ1) is 8.06. The molecule has 0 aromatic carbocycles. The Morgan fingerprint density at radius 2 is 1.94 bits per heavy atom. The lowest BCUT2D eigenvalue weighted by atomic mass is 9.78. The van der Waals surface area contributed by atoms with Gasteiger partial charge in [-0.05, 0) is 50.4 Å². The normalized spacial score (nSPS) is 35.4. The topological polar surface area (TPSA) is 29.1 Å². The van der Waals surface area contributed by atoms with Gasteiger partial charge in [0.1, 0.15) is 0 Å². The van der Waals surface area contributed by atoms with Gasteiger partial charge >= 0.3 is 0 Å². The Kier molecular flexibility index (Phi) is 4.17. The van der Waals surface area contributed by atoms with Crippen LogP contribution < -0.4 is 5.32 Å². The van der Waals surface area contributed by atoms with Gasteiger partial charge in [0.15, 0.2) is 0 Å². The van der Waals surface area contributed by atoms with Crippen molar-refractivity contribution in [2.45, 2.75) is 57.9 Å². The number of carbonyl (C=O) groups is 1. The minimum atomic E-state index is 0.0345. The fourth-order valence-corrected chi connectivity index (χ4v) is 3.49. The second-order valence-corrected chi connectivity index (χ2v) is 6.77. The third-order valence-corrected chi connectivity index (χ3v) is 5.69. The van der Waals surface area contributed by atoms with Gasteiger partial charge in [0.25, 0.3) is 0 Å². The molecule has 1 unspecified atom stereocenters. The Balaban J connectivity index is 1.91. The first-order valence-electron chi connectivity index (χ1n) is 6.94. The zero-order chi connectivity index (χ0) is 12.5. The maximum atomic E-state index is 12.2. The quantitative estimate of drug-likeness (QED) is 0.791. The standard InChI is InChI=1S/C14H24BrNO/c1-10-5-7-14(9-15,8-6-10)16-13(17)11(2)12-3-4-12/h10-12H,3-9H2,1-2H3,(H,16,17). The summed E-state index contributed by atoms with van der Waals surface area (Å²) in [7, 11) is 0. The van der Waals surface area contributed by atoms with Gasteiger partial charge in [0.2, 0.25) is 5.91 Å². The van der Waals surface area contributed by atoms with Crippen LogP contribution in [0.5, 0.6) is 0 Å². The van der Waals surface area contributed by atoms with Crippen LogP contribution in [0.15, 0.2) is 0 Å². The average molecular weight is 302 g/mol. The van der Waals surface area contributed by atoms with E-state index in [1.54, 1.807) is 0 Å². The predicted octanol–water partition coefficient (Wildman–Crippen LogP) is 3.49. The molecule has 2 fully saturated rings. The Hall–Kier alpha value is -0.0500. The van der Waals surface area contributed by atoms with Crippen LogP contribution >= 0.6 is 15.9 Å². The lowest BCUT2D eigenvalue weighted by Crippen LogP contribution is -2.53. The van der Waals surface area contributed by atoms with Gasteiger partial charge in [-0.1, -0.05) is 29.8 Å². The lowest BCUT2D eigenvalue weighted by Gasteiger charge is -2.39. The molecule has 0 spiro atoms. The van der Waals surface area contributed by atoms with Crippen molar-refractivity contribution >= 4 is 21.8 Å². The van der Waals surface area contributed by atoms with Gasteiger partial charge in [0.05, 0.1) is 0 Å². The molecule has 2 rings (SSSR count). The fourth-order valence-electron chi connectivity index (χ4n) is 2.79. The molecule has 1 amide bonds. The van der Waals surface area contributed by atoms with Crippen LogP contribution in [0.2, 0.25) is 0 Å². The molecular weight excluding hydrogens is 278 g/mol. The van der Waals surface area contributed by atoms with Crippen LogP contribution in [0.1, 0.15) is 52.4 Å². The molecule has 0 aliphatic heterocycles. The zero-order valence-electron chi connectivity index (χ0n) is 11.0. The maximum absolute atomic E-state index is 12.2. The van der Waals surface area contributed by atoms with Crippen LogP contribution in [0.3, 0.4) is 0 Å². The summed E-state index contributed by atoms with van der Waals surface area (Å²) >= 11 is 3.60. The third kappa shape index (κ3) is 3.24. The van der Waals surface area contributed by atoms with E-state index in [1.165, 1.54) is 25.7 Å². The minimum Gasteiger partial charge on any atom is -0.350 e. The molecule has 1 N–H and O–H groups in total.